The van der Waals surface area contributed by atoms with Gasteiger partial charge in [0, 0.05) is 13.1 Å². The van der Waals surface area contributed by atoms with Crippen LogP contribution >= 0.6 is 0 Å². The molecule has 1 aromatic carbocycles. The predicted octanol–water partition coefficient (Wildman–Crippen LogP) is 1.92. The Morgan fingerprint density at radius 2 is 1.87 bits per heavy atom. The Kier molecular flexibility index (Phi) is 7.03. The second kappa shape index (κ2) is 8.53. The highest BCUT2D eigenvalue weighted by molar-refractivity contribution is 5.85. The first kappa shape index (κ1) is 19.0. The lowest BCUT2D eigenvalue weighted by molar-refractivity contribution is -0.134. The van der Waals surface area contributed by atoms with Crippen LogP contribution in [0, 0.1) is 0 Å². The monoisotopic (exact) mass is 322 g/mol. The quantitative estimate of drug-likeness (QED) is 0.839. The van der Waals surface area contributed by atoms with Crippen LogP contribution in [0.3, 0.4) is 0 Å². The highest BCUT2D eigenvalue weighted by Crippen LogP contribution is 2.09. The maximum atomic E-state index is 12.5. The fraction of sp³-hybridized carbons (Fsp3) is 0.529. The number of nitrogens with one attached hydrogen (secondary N) is 1. The highest BCUT2D eigenvalue weighted by atomic mass is 16.6. The summed E-state index contributed by atoms with van der Waals surface area (Å²) < 4.78 is 5.15. The standard InChI is InChI=1S/C17H26N2O4/c1-13(18-16(22)23-17(2,3)4)15(21)19(10-11-20)12-14-8-6-5-7-9-14/h5-9,13,20H,10-12H2,1-4H3,(H,18,22)/t13-/m1/s1. The van der Waals surface area contributed by atoms with Gasteiger partial charge in [-0.2, -0.15) is 0 Å². The van der Waals surface area contributed by atoms with Gasteiger partial charge in [0.15, 0.2) is 0 Å². The molecule has 1 rings (SSSR count). The molecule has 0 radical (unpaired) electrons. The number of alkyl carbamates (subject to hydrolysis) is 1. The number of aliphatic hydroxyl groups excluding tert-OH is 1. The third-order valence-electron chi connectivity index (χ3n) is 3.00. The second-order valence-corrected chi connectivity index (χ2v) is 6.34. The molecule has 6 nitrogen and oxygen atoms in total. The summed E-state index contributed by atoms with van der Waals surface area (Å²) in [6, 6.07) is 8.75. The molecule has 0 aliphatic carbocycles. The molecule has 0 aromatic heterocycles. The van der Waals surface area contributed by atoms with E-state index in [1.807, 2.05) is 30.3 Å². The van der Waals surface area contributed by atoms with Crippen molar-refractivity contribution >= 4 is 12.0 Å². The summed E-state index contributed by atoms with van der Waals surface area (Å²) in [5, 5.41) is 11.7. The van der Waals surface area contributed by atoms with Crippen molar-refractivity contribution in [3.05, 3.63) is 35.9 Å². The lowest BCUT2D eigenvalue weighted by atomic mass is 10.2. The Balaban J connectivity index is 2.67. The van der Waals surface area contributed by atoms with E-state index in [2.05, 4.69) is 5.32 Å². The van der Waals surface area contributed by atoms with Crippen molar-refractivity contribution in [3.8, 4) is 0 Å². The van der Waals surface area contributed by atoms with Gasteiger partial charge in [0.1, 0.15) is 11.6 Å². The van der Waals surface area contributed by atoms with Crippen molar-refractivity contribution in [1.82, 2.24) is 10.2 Å². The van der Waals surface area contributed by atoms with Gasteiger partial charge in [-0.25, -0.2) is 4.79 Å². The first-order valence-corrected chi connectivity index (χ1v) is 7.66. The average molecular weight is 322 g/mol. The van der Waals surface area contributed by atoms with E-state index in [4.69, 9.17) is 4.74 Å². The molecule has 0 heterocycles. The van der Waals surface area contributed by atoms with Crippen molar-refractivity contribution < 1.29 is 19.4 Å². The Hall–Kier alpha value is -2.08. The topological polar surface area (TPSA) is 78.9 Å². The van der Waals surface area contributed by atoms with E-state index in [0.29, 0.717) is 6.54 Å². The number of aliphatic hydroxyl groups is 1. The van der Waals surface area contributed by atoms with Crippen molar-refractivity contribution in [2.45, 2.75) is 45.9 Å². The third kappa shape index (κ3) is 7.15. The Morgan fingerprint density at radius 1 is 1.26 bits per heavy atom. The van der Waals surface area contributed by atoms with E-state index < -0.39 is 17.7 Å². The van der Waals surface area contributed by atoms with Gasteiger partial charge in [0.2, 0.25) is 5.91 Å². The number of rotatable bonds is 6. The van der Waals surface area contributed by atoms with Gasteiger partial charge in [-0.3, -0.25) is 4.79 Å². The first-order chi connectivity index (χ1) is 10.7. The number of hydrogen-bond donors (Lipinski definition) is 2. The molecule has 0 saturated heterocycles. The van der Waals surface area contributed by atoms with Crippen LogP contribution in [0.5, 0.6) is 0 Å². The number of carbonyl (C=O) groups is 2. The lowest BCUT2D eigenvalue weighted by Crippen LogP contribution is -2.48. The van der Waals surface area contributed by atoms with Crippen molar-refractivity contribution in [2.24, 2.45) is 0 Å². The minimum atomic E-state index is -0.736. The zero-order valence-corrected chi connectivity index (χ0v) is 14.2. The molecule has 6 heteroatoms. The van der Waals surface area contributed by atoms with Crippen LogP contribution in [0.25, 0.3) is 0 Å². The smallest absolute Gasteiger partial charge is 0.408 e. The molecule has 0 aliphatic heterocycles. The lowest BCUT2D eigenvalue weighted by Gasteiger charge is -2.27. The van der Waals surface area contributed by atoms with Crippen LogP contribution in [0.2, 0.25) is 0 Å². The fourth-order valence-corrected chi connectivity index (χ4v) is 2.01. The molecule has 0 bridgehead atoms. The predicted molar refractivity (Wildman–Crippen MR) is 87.8 cm³/mol. The van der Waals surface area contributed by atoms with E-state index >= 15 is 0 Å². The van der Waals surface area contributed by atoms with Crippen molar-refractivity contribution in [2.75, 3.05) is 13.2 Å². The van der Waals surface area contributed by atoms with E-state index in [9.17, 15) is 14.7 Å². The van der Waals surface area contributed by atoms with E-state index in [0.717, 1.165) is 5.56 Å². The molecule has 0 saturated carbocycles. The van der Waals surface area contributed by atoms with Gasteiger partial charge in [-0.1, -0.05) is 30.3 Å². The van der Waals surface area contributed by atoms with Gasteiger partial charge < -0.3 is 20.1 Å². The summed E-state index contributed by atoms with van der Waals surface area (Å²) in [7, 11) is 0. The molecule has 23 heavy (non-hydrogen) atoms. The molecule has 0 aliphatic rings. The van der Waals surface area contributed by atoms with Crippen LogP contribution in [0.4, 0.5) is 4.79 Å². The molecule has 1 aromatic rings. The van der Waals surface area contributed by atoms with Crippen LogP contribution in [0.15, 0.2) is 30.3 Å². The Bertz CT molecular complexity index is 511. The number of hydrogen-bond acceptors (Lipinski definition) is 4. The third-order valence-corrected chi connectivity index (χ3v) is 3.00. The fourth-order valence-electron chi connectivity index (χ4n) is 2.01. The Labute approximate surface area is 137 Å². The van der Waals surface area contributed by atoms with Crippen LogP contribution in [0.1, 0.15) is 33.3 Å². The normalized spacial score (nSPS) is 12.4. The summed E-state index contributed by atoms with van der Waals surface area (Å²) in [4.78, 5) is 25.8. The van der Waals surface area contributed by atoms with E-state index in [-0.39, 0.29) is 19.1 Å². The summed E-state index contributed by atoms with van der Waals surface area (Å²) in [6.45, 7) is 7.31. The van der Waals surface area contributed by atoms with E-state index in [1.54, 1.807) is 27.7 Å². The summed E-state index contributed by atoms with van der Waals surface area (Å²) in [6.07, 6.45) is -0.637. The zero-order valence-electron chi connectivity index (χ0n) is 14.2. The number of amides is 2. The van der Waals surface area contributed by atoms with Gasteiger partial charge in [-0.05, 0) is 33.3 Å². The number of nitrogens with zero attached hydrogens (tertiary/aromatic N) is 1. The maximum Gasteiger partial charge on any atom is 0.408 e. The first-order valence-electron chi connectivity index (χ1n) is 7.66. The SMILES string of the molecule is C[C@@H](NC(=O)OC(C)(C)C)C(=O)N(CCO)Cc1ccccc1. The molecular weight excluding hydrogens is 296 g/mol. The number of carbonyl (C=O) groups excluding carboxylic acids is 2. The van der Waals surface area contributed by atoms with Crippen LogP contribution < -0.4 is 5.32 Å². The Morgan fingerprint density at radius 3 is 2.39 bits per heavy atom. The average Bonchev–Trinajstić information content (AvgIpc) is 2.45. The highest BCUT2D eigenvalue weighted by Gasteiger charge is 2.24. The molecule has 128 valence electrons. The van der Waals surface area contributed by atoms with Crippen LogP contribution in [-0.4, -0.2) is 46.8 Å². The molecule has 2 N–H and O–H groups in total. The molecule has 0 spiro atoms. The van der Waals surface area contributed by atoms with Gasteiger partial charge >= 0.3 is 6.09 Å². The minimum Gasteiger partial charge on any atom is -0.444 e. The molecule has 0 unspecified atom stereocenters. The molecule has 2 amide bonds. The second-order valence-electron chi connectivity index (χ2n) is 6.34. The van der Waals surface area contributed by atoms with Gasteiger partial charge in [0.05, 0.1) is 6.61 Å². The molecule has 1 atom stereocenters. The summed E-state index contributed by atoms with van der Waals surface area (Å²) in [5.74, 6) is -0.270. The number of benzene rings is 1. The van der Waals surface area contributed by atoms with Gasteiger partial charge in [0.25, 0.3) is 0 Å². The zero-order chi connectivity index (χ0) is 17.5. The van der Waals surface area contributed by atoms with Crippen molar-refractivity contribution in [1.29, 1.82) is 0 Å². The summed E-state index contributed by atoms with van der Waals surface area (Å²) >= 11 is 0. The molecule has 0 fully saturated rings. The number of ether oxygens (including phenoxy) is 1. The van der Waals surface area contributed by atoms with Crippen LogP contribution in [-0.2, 0) is 16.1 Å². The maximum absolute atomic E-state index is 12.5. The van der Waals surface area contributed by atoms with E-state index in [1.165, 1.54) is 4.90 Å². The molecular formula is C17H26N2O4. The van der Waals surface area contributed by atoms with Crippen molar-refractivity contribution in [3.63, 3.8) is 0 Å². The summed E-state index contributed by atoms with van der Waals surface area (Å²) in [5.41, 5.74) is 0.334. The minimum absolute atomic E-state index is 0.141. The van der Waals surface area contributed by atoms with Gasteiger partial charge in [-0.15, -0.1) is 0 Å². The largest absolute Gasteiger partial charge is 0.444 e.